The number of hydrogen-bond acceptors (Lipinski definition) is 0. The molecule has 0 aliphatic carbocycles. The van der Waals surface area contributed by atoms with E-state index in [9.17, 15) is 0 Å². The van der Waals surface area contributed by atoms with Crippen LogP contribution in [0.1, 0.15) is 34.1 Å². The van der Waals surface area contributed by atoms with Crippen LogP contribution in [0, 0.1) is 0 Å². The Morgan fingerprint density at radius 3 is 1.44 bits per heavy atom. The molecule has 1 heteroatoms. The van der Waals surface area contributed by atoms with E-state index in [0.717, 1.165) is 0 Å². The SMILES string of the molecule is CC.CCC.c1ccc2c(c1)[nH]c1ccccc12. The predicted octanol–water partition coefficient (Wildman–Crippen LogP) is 5.76. The number of H-pyrrole nitrogens is 1. The van der Waals surface area contributed by atoms with Gasteiger partial charge in [-0.3, -0.25) is 0 Å². The lowest BCUT2D eigenvalue weighted by atomic mass is 10.2. The fourth-order valence-corrected chi connectivity index (χ4v) is 1.80. The van der Waals surface area contributed by atoms with Crippen molar-refractivity contribution in [2.75, 3.05) is 0 Å². The van der Waals surface area contributed by atoms with E-state index in [4.69, 9.17) is 0 Å². The summed E-state index contributed by atoms with van der Waals surface area (Å²) in [6.45, 7) is 8.25. The van der Waals surface area contributed by atoms with Crippen molar-refractivity contribution in [1.29, 1.82) is 0 Å². The van der Waals surface area contributed by atoms with Crippen molar-refractivity contribution < 1.29 is 0 Å². The number of para-hydroxylation sites is 2. The van der Waals surface area contributed by atoms with Gasteiger partial charge in [0.1, 0.15) is 0 Å². The van der Waals surface area contributed by atoms with Crippen LogP contribution in [0.15, 0.2) is 48.5 Å². The van der Waals surface area contributed by atoms with Crippen molar-refractivity contribution >= 4 is 21.8 Å². The highest BCUT2D eigenvalue weighted by molar-refractivity contribution is 6.06. The first-order valence-electron chi connectivity index (χ1n) is 6.82. The lowest BCUT2D eigenvalue weighted by Gasteiger charge is -1.87. The number of aromatic amines is 1. The molecule has 2 aromatic carbocycles. The molecule has 3 rings (SSSR count). The number of rotatable bonds is 0. The zero-order valence-corrected chi connectivity index (χ0v) is 11.8. The molecule has 1 heterocycles. The van der Waals surface area contributed by atoms with Crippen LogP contribution in [0.4, 0.5) is 0 Å². The molecule has 0 radical (unpaired) electrons. The standard InChI is InChI=1S/C12H9N.C3H8.C2H6/c1-3-7-11-9(5-1)10-6-2-4-8-12(10)13-11;1-3-2;1-2/h1-8,13H;3H2,1-2H3;1-2H3. The molecule has 1 N–H and O–H groups in total. The Kier molecular flexibility index (Phi) is 5.99. The summed E-state index contributed by atoms with van der Waals surface area (Å²) < 4.78 is 0. The van der Waals surface area contributed by atoms with E-state index >= 15 is 0 Å². The first-order chi connectivity index (χ1) is 8.86. The van der Waals surface area contributed by atoms with Crippen LogP contribution < -0.4 is 0 Å². The first kappa shape index (κ1) is 14.3. The molecular weight excluding hydrogens is 218 g/mol. The highest BCUT2D eigenvalue weighted by Crippen LogP contribution is 2.24. The quantitative estimate of drug-likeness (QED) is 0.514. The minimum absolute atomic E-state index is 1.21. The van der Waals surface area contributed by atoms with E-state index in [-0.39, 0.29) is 0 Å². The topological polar surface area (TPSA) is 15.8 Å². The molecule has 0 atom stereocenters. The number of nitrogens with one attached hydrogen (secondary N) is 1. The van der Waals surface area contributed by atoms with E-state index < -0.39 is 0 Å². The van der Waals surface area contributed by atoms with Crippen LogP contribution >= 0.6 is 0 Å². The van der Waals surface area contributed by atoms with Crippen molar-refractivity contribution in [1.82, 2.24) is 4.98 Å². The van der Waals surface area contributed by atoms with Gasteiger partial charge in [-0.25, -0.2) is 0 Å². The van der Waals surface area contributed by atoms with Crippen LogP contribution in [0.5, 0.6) is 0 Å². The average Bonchev–Trinajstić information content (AvgIpc) is 2.80. The number of aromatic nitrogens is 1. The van der Waals surface area contributed by atoms with E-state index in [0.29, 0.717) is 0 Å². The largest absolute Gasteiger partial charge is 0.355 e. The Balaban J connectivity index is 0.000000288. The van der Waals surface area contributed by atoms with Gasteiger partial charge in [-0.1, -0.05) is 70.5 Å². The molecule has 0 unspecified atom stereocenters. The number of benzene rings is 2. The Morgan fingerprint density at radius 2 is 1.06 bits per heavy atom. The summed E-state index contributed by atoms with van der Waals surface area (Å²) in [6.07, 6.45) is 1.25. The zero-order chi connectivity index (χ0) is 13.4. The van der Waals surface area contributed by atoms with E-state index in [1.54, 1.807) is 0 Å². The normalized spacial score (nSPS) is 9.33. The third kappa shape index (κ3) is 3.13. The molecule has 1 nitrogen and oxygen atoms in total. The lowest BCUT2D eigenvalue weighted by molar-refractivity contribution is 1.09. The summed E-state index contributed by atoms with van der Waals surface area (Å²) >= 11 is 0. The zero-order valence-electron chi connectivity index (χ0n) is 11.8. The van der Waals surface area contributed by atoms with Crippen molar-refractivity contribution in [2.45, 2.75) is 34.1 Å². The van der Waals surface area contributed by atoms with Gasteiger partial charge in [0.2, 0.25) is 0 Å². The predicted molar refractivity (Wildman–Crippen MR) is 83.1 cm³/mol. The molecule has 0 bridgehead atoms. The van der Waals surface area contributed by atoms with Gasteiger partial charge >= 0.3 is 0 Å². The van der Waals surface area contributed by atoms with Crippen molar-refractivity contribution in [3.63, 3.8) is 0 Å². The highest BCUT2D eigenvalue weighted by atomic mass is 14.7. The van der Waals surface area contributed by atoms with Gasteiger partial charge in [0, 0.05) is 21.8 Å². The maximum absolute atomic E-state index is 3.38. The van der Waals surface area contributed by atoms with Gasteiger partial charge in [0.05, 0.1) is 0 Å². The molecule has 1 aromatic heterocycles. The molecule has 0 spiro atoms. The maximum Gasteiger partial charge on any atom is 0.0464 e. The smallest absolute Gasteiger partial charge is 0.0464 e. The van der Waals surface area contributed by atoms with Crippen LogP contribution in [0.25, 0.3) is 21.8 Å². The second-order valence-corrected chi connectivity index (χ2v) is 3.92. The van der Waals surface area contributed by atoms with Gasteiger partial charge in [0.25, 0.3) is 0 Å². The summed E-state index contributed by atoms with van der Waals surface area (Å²) in [6, 6.07) is 16.8. The molecule has 0 saturated heterocycles. The third-order valence-electron chi connectivity index (χ3n) is 2.41. The second kappa shape index (κ2) is 7.54. The summed E-state index contributed by atoms with van der Waals surface area (Å²) in [5, 5.41) is 2.61. The Labute approximate surface area is 110 Å². The minimum Gasteiger partial charge on any atom is -0.355 e. The molecule has 18 heavy (non-hydrogen) atoms. The summed E-state index contributed by atoms with van der Waals surface area (Å²) in [5.41, 5.74) is 2.42. The summed E-state index contributed by atoms with van der Waals surface area (Å²) in [4.78, 5) is 3.38. The highest BCUT2D eigenvalue weighted by Gasteiger charge is 2.00. The molecule has 0 fully saturated rings. The second-order valence-electron chi connectivity index (χ2n) is 3.92. The van der Waals surface area contributed by atoms with E-state index in [2.05, 4.69) is 67.4 Å². The first-order valence-corrected chi connectivity index (χ1v) is 6.82. The van der Waals surface area contributed by atoms with Crippen LogP contribution in [0.3, 0.4) is 0 Å². The number of fused-ring (bicyclic) bond motifs is 3. The van der Waals surface area contributed by atoms with Gasteiger partial charge in [-0.15, -0.1) is 0 Å². The maximum atomic E-state index is 3.38. The Bertz CT molecular complexity index is 528. The van der Waals surface area contributed by atoms with Crippen LogP contribution in [0.2, 0.25) is 0 Å². The van der Waals surface area contributed by atoms with E-state index in [1.165, 1.54) is 28.2 Å². The monoisotopic (exact) mass is 241 g/mol. The van der Waals surface area contributed by atoms with Gasteiger partial charge in [-0.2, -0.15) is 0 Å². The van der Waals surface area contributed by atoms with E-state index in [1.807, 2.05) is 13.8 Å². The minimum atomic E-state index is 1.21. The van der Waals surface area contributed by atoms with Crippen molar-refractivity contribution in [3.8, 4) is 0 Å². The molecule has 0 aliphatic heterocycles. The lowest BCUT2D eigenvalue weighted by Crippen LogP contribution is -1.62. The van der Waals surface area contributed by atoms with Crippen molar-refractivity contribution in [3.05, 3.63) is 48.5 Å². The molecule has 0 aliphatic rings. The third-order valence-corrected chi connectivity index (χ3v) is 2.41. The Morgan fingerprint density at radius 1 is 0.722 bits per heavy atom. The number of hydrogen-bond donors (Lipinski definition) is 1. The van der Waals surface area contributed by atoms with Crippen molar-refractivity contribution in [2.24, 2.45) is 0 Å². The molecule has 3 aromatic rings. The fraction of sp³-hybridized carbons (Fsp3) is 0.294. The van der Waals surface area contributed by atoms with Gasteiger partial charge in [0.15, 0.2) is 0 Å². The Hall–Kier alpha value is -1.76. The molecule has 96 valence electrons. The summed E-state index contributed by atoms with van der Waals surface area (Å²) in [7, 11) is 0. The van der Waals surface area contributed by atoms with Gasteiger partial charge in [-0.05, 0) is 12.1 Å². The molecule has 0 amide bonds. The van der Waals surface area contributed by atoms with Gasteiger partial charge < -0.3 is 4.98 Å². The summed E-state index contributed by atoms with van der Waals surface area (Å²) in [5.74, 6) is 0. The van der Waals surface area contributed by atoms with Crippen LogP contribution in [-0.4, -0.2) is 4.98 Å². The fourth-order valence-electron chi connectivity index (χ4n) is 1.80. The molecule has 0 saturated carbocycles. The van der Waals surface area contributed by atoms with Crippen LogP contribution in [-0.2, 0) is 0 Å². The average molecular weight is 241 g/mol. The molecular formula is C17H23N.